The van der Waals surface area contributed by atoms with Crippen LogP contribution in [-0.4, -0.2) is 23.5 Å². The Morgan fingerprint density at radius 3 is 1.94 bits per heavy atom. The molecule has 0 amide bonds. The van der Waals surface area contributed by atoms with E-state index in [9.17, 15) is 0 Å². The van der Waals surface area contributed by atoms with E-state index in [1.807, 2.05) is 33.8 Å². The summed E-state index contributed by atoms with van der Waals surface area (Å²) in [5.74, 6) is 0. The molecule has 1 saturated heterocycles. The fourth-order valence-electron chi connectivity index (χ4n) is 1.71. The molecule has 2 rings (SSSR count). The SMILES string of the molecule is CC(C)(C)c1cc(B2OC(C)(C)C(C)(C)O2)on1. The standard InChI is InChI=1S/C13H22BNO3/c1-11(2,3)9-8-10(16-15-9)14-17-12(4,5)13(6,7)18-14/h8H,1-7H3. The normalized spacial score (nSPS) is 22.5. The fourth-order valence-corrected chi connectivity index (χ4v) is 1.71. The largest absolute Gasteiger partial charge is 0.535 e. The van der Waals surface area contributed by atoms with Crippen LogP contribution < -0.4 is 5.66 Å². The first-order chi connectivity index (χ1) is 8.03. The van der Waals surface area contributed by atoms with Crippen molar-refractivity contribution in [2.75, 3.05) is 0 Å². The molecule has 0 atom stereocenters. The highest BCUT2D eigenvalue weighted by molar-refractivity contribution is 6.60. The number of nitrogens with zero attached hydrogens (tertiary/aromatic N) is 1. The van der Waals surface area contributed by atoms with Crippen LogP contribution in [0.3, 0.4) is 0 Å². The van der Waals surface area contributed by atoms with Gasteiger partial charge < -0.3 is 13.8 Å². The molecule has 0 radical (unpaired) electrons. The van der Waals surface area contributed by atoms with Crippen LogP contribution >= 0.6 is 0 Å². The molecule has 1 aromatic rings. The summed E-state index contributed by atoms with van der Waals surface area (Å²) in [5.41, 5.74) is 0.801. The van der Waals surface area contributed by atoms with Crippen LogP contribution in [0.5, 0.6) is 0 Å². The van der Waals surface area contributed by atoms with E-state index in [-0.39, 0.29) is 16.6 Å². The van der Waals surface area contributed by atoms with Gasteiger partial charge in [0.15, 0.2) is 5.66 Å². The molecule has 100 valence electrons. The summed E-state index contributed by atoms with van der Waals surface area (Å²) < 4.78 is 17.2. The van der Waals surface area contributed by atoms with Crippen molar-refractivity contribution >= 4 is 12.8 Å². The molecule has 0 aromatic carbocycles. The molecule has 0 N–H and O–H groups in total. The average molecular weight is 251 g/mol. The highest BCUT2D eigenvalue weighted by Crippen LogP contribution is 2.36. The molecule has 2 heterocycles. The first kappa shape index (κ1) is 13.6. The quantitative estimate of drug-likeness (QED) is 0.718. The summed E-state index contributed by atoms with van der Waals surface area (Å²) in [5, 5.41) is 4.09. The van der Waals surface area contributed by atoms with E-state index in [0.29, 0.717) is 5.66 Å². The number of rotatable bonds is 1. The van der Waals surface area contributed by atoms with Gasteiger partial charge in [-0.25, -0.2) is 0 Å². The van der Waals surface area contributed by atoms with Gasteiger partial charge in [0, 0.05) is 11.5 Å². The molecule has 0 spiro atoms. The summed E-state index contributed by atoms with van der Waals surface area (Å²) >= 11 is 0. The molecule has 18 heavy (non-hydrogen) atoms. The van der Waals surface area contributed by atoms with Crippen molar-refractivity contribution in [3.05, 3.63) is 11.8 Å². The summed E-state index contributed by atoms with van der Waals surface area (Å²) in [4.78, 5) is 0. The summed E-state index contributed by atoms with van der Waals surface area (Å²) in [7, 11) is -0.474. The number of aromatic nitrogens is 1. The van der Waals surface area contributed by atoms with Crippen LogP contribution in [-0.2, 0) is 14.7 Å². The van der Waals surface area contributed by atoms with E-state index in [4.69, 9.17) is 13.8 Å². The van der Waals surface area contributed by atoms with Gasteiger partial charge in [-0.3, -0.25) is 0 Å². The van der Waals surface area contributed by atoms with Crippen molar-refractivity contribution in [3.8, 4) is 0 Å². The molecular weight excluding hydrogens is 229 g/mol. The van der Waals surface area contributed by atoms with Crippen molar-refractivity contribution in [3.63, 3.8) is 0 Å². The van der Waals surface area contributed by atoms with Crippen molar-refractivity contribution in [2.45, 2.75) is 65.1 Å². The lowest BCUT2D eigenvalue weighted by atomic mass is 9.83. The van der Waals surface area contributed by atoms with E-state index in [1.165, 1.54) is 0 Å². The van der Waals surface area contributed by atoms with Gasteiger partial charge in [0.05, 0.1) is 16.9 Å². The Bertz CT molecular complexity index is 429. The van der Waals surface area contributed by atoms with E-state index >= 15 is 0 Å². The van der Waals surface area contributed by atoms with Gasteiger partial charge >= 0.3 is 7.12 Å². The third kappa shape index (κ3) is 2.21. The molecule has 0 aliphatic carbocycles. The van der Waals surface area contributed by atoms with Crippen molar-refractivity contribution < 1.29 is 13.8 Å². The van der Waals surface area contributed by atoms with Crippen LogP contribution in [0.4, 0.5) is 0 Å². The lowest BCUT2D eigenvalue weighted by Crippen LogP contribution is -2.41. The van der Waals surface area contributed by atoms with E-state index < -0.39 is 7.12 Å². The molecule has 0 unspecified atom stereocenters. The molecule has 5 heteroatoms. The van der Waals surface area contributed by atoms with Gasteiger partial charge in [-0.1, -0.05) is 25.9 Å². The first-order valence-corrected chi connectivity index (χ1v) is 6.36. The Hall–Kier alpha value is -0.805. The van der Waals surface area contributed by atoms with Gasteiger partial charge in [-0.05, 0) is 27.7 Å². The number of hydrogen-bond acceptors (Lipinski definition) is 4. The van der Waals surface area contributed by atoms with Crippen LogP contribution in [0.1, 0.15) is 54.2 Å². The third-order valence-electron chi connectivity index (χ3n) is 3.78. The molecule has 4 nitrogen and oxygen atoms in total. The Morgan fingerprint density at radius 1 is 1.06 bits per heavy atom. The second-order valence-corrected chi connectivity index (χ2v) is 6.95. The molecule has 0 saturated carbocycles. The second kappa shape index (κ2) is 3.84. The van der Waals surface area contributed by atoms with Gasteiger partial charge in [0.2, 0.25) is 0 Å². The fraction of sp³-hybridized carbons (Fsp3) is 0.769. The average Bonchev–Trinajstić information content (AvgIpc) is 2.69. The van der Waals surface area contributed by atoms with Crippen molar-refractivity contribution in [2.24, 2.45) is 0 Å². The summed E-state index contributed by atoms with van der Waals surface area (Å²) in [6, 6.07) is 1.92. The highest BCUT2D eigenvalue weighted by Gasteiger charge is 2.53. The van der Waals surface area contributed by atoms with Gasteiger partial charge in [-0.15, -0.1) is 0 Å². The topological polar surface area (TPSA) is 44.5 Å². The highest BCUT2D eigenvalue weighted by atomic mass is 16.7. The predicted molar refractivity (Wildman–Crippen MR) is 70.9 cm³/mol. The summed E-state index contributed by atoms with van der Waals surface area (Å²) in [6.45, 7) is 14.4. The lowest BCUT2D eigenvalue weighted by Gasteiger charge is -2.32. The maximum absolute atomic E-state index is 5.92. The minimum atomic E-state index is -0.474. The van der Waals surface area contributed by atoms with Crippen LogP contribution in [0.15, 0.2) is 10.6 Å². The molecule has 1 aliphatic rings. The predicted octanol–water partition coefficient (Wildman–Crippen LogP) is 2.27. The van der Waals surface area contributed by atoms with Crippen LogP contribution in [0.2, 0.25) is 0 Å². The minimum Gasteiger partial charge on any atom is -0.397 e. The van der Waals surface area contributed by atoms with Gasteiger partial charge in [0.25, 0.3) is 0 Å². The van der Waals surface area contributed by atoms with E-state index in [2.05, 4.69) is 25.9 Å². The van der Waals surface area contributed by atoms with Crippen molar-refractivity contribution in [1.82, 2.24) is 5.16 Å². The molecule has 1 fully saturated rings. The molecule has 1 aromatic heterocycles. The minimum absolute atomic E-state index is 0.0363. The van der Waals surface area contributed by atoms with E-state index in [1.54, 1.807) is 0 Å². The Labute approximate surface area is 109 Å². The smallest absolute Gasteiger partial charge is 0.397 e. The third-order valence-corrected chi connectivity index (χ3v) is 3.78. The Kier molecular flexibility index (Phi) is 2.91. The lowest BCUT2D eigenvalue weighted by molar-refractivity contribution is 0.00578. The van der Waals surface area contributed by atoms with Gasteiger partial charge in [0.1, 0.15) is 0 Å². The zero-order valence-electron chi connectivity index (χ0n) is 12.3. The Morgan fingerprint density at radius 2 is 1.56 bits per heavy atom. The maximum Gasteiger partial charge on any atom is 0.535 e. The molecule has 0 bridgehead atoms. The first-order valence-electron chi connectivity index (χ1n) is 6.36. The maximum atomic E-state index is 5.92. The monoisotopic (exact) mass is 251 g/mol. The van der Waals surface area contributed by atoms with Crippen LogP contribution in [0.25, 0.3) is 0 Å². The van der Waals surface area contributed by atoms with Crippen molar-refractivity contribution in [1.29, 1.82) is 0 Å². The molecular formula is C13H22BNO3. The zero-order valence-corrected chi connectivity index (χ0v) is 12.3. The summed E-state index contributed by atoms with van der Waals surface area (Å²) in [6.07, 6.45) is 0. The second-order valence-electron chi connectivity index (χ2n) is 6.95. The Balaban J connectivity index is 2.23. The van der Waals surface area contributed by atoms with E-state index in [0.717, 1.165) is 5.69 Å². The zero-order chi connectivity index (χ0) is 13.8. The number of hydrogen-bond donors (Lipinski definition) is 0. The molecule has 1 aliphatic heterocycles. The van der Waals surface area contributed by atoms with Crippen LogP contribution in [0, 0.1) is 0 Å². The van der Waals surface area contributed by atoms with Gasteiger partial charge in [-0.2, -0.15) is 0 Å².